The summed E-state index contributed by atoms with van der Waals surface area (Å²) < 4.78 is 31.9. The maximum Gasteiger partial charge on any atom is 0.243 e. The fourth-order valence-electron chi connectivity index (χ4n) is 3.18. The minimum atomic E-state index is -3.39. The molecule has 1 fully saturated rings. The van der Waals surface area contributed by atoms with Crippen molar-refractivity contribution in [1.29, 1.82) is 0 Å². The number of morpholine rings is 1. The minimum Gasteiger partial charge on any atom is -0.379 e. The van der Waals surface area contributed by atoms with Gasteiger partial charge in [0.25, 0.3) is 0 Å². The Balaban J connectivity index is 1.53. The number of ether oxygens (including phenoxy) is 1. The SMILES string of the molecule is O=S(=O)(c1ccc(CNC[C@H]2CC=CCC2)cc1)N1CCOCC1. The quantitative estimate of drug-likeness (QED) is 0.799. The average molecular weight is 350 g/mol. The Kier molecular flexibility index (Phi) is 6.05. The van der Waals surface area contributed by atoms with E-state index in [9.17, 15) is 8.42 Å². The van der Waals surface area contributed by atoms with E-state index in [0.717, 1.165) is 31.0 Å². The van der Waals surface area contributed by atoms with Gasteiger partial charge in [0.2, 0.25) is 10.0 Å². The van der Waals surface area contributed by atoms with Gasteiger partial charge in [-0.1, -0.05) is 24.3 Å². The number of rotatable bonds is 6. The van der Waals surface area contributed by atoms with Crippen molar-refractivity contribution in [2.24, 2.45) is 5.92 Å². The molecule has 0 radical (unpaired) electrons. The van der Waals surface area contributed by atoms with Crippen molar-refractivity contribution in [1.82, 2.24) is 9.62 Å². The number of allylic oxidation sites excluding steroid dienone is 2. The van der Waals surface area contributed by atoms with Crippen LogP contribution in [-0.2, 0) is 21.3 Å². The van der Waals surface area contributed by atoms with Gasteiger partial charge in [-0.25, -0.2) is 8.42 Å². The molecule has 1 aromatic rings. The lowest BCUT2D eigenvalue weighted by molar-refractivity contribution is 0.0730. The van der Waals surface area contributed by atoms with Crippen LogP contribution < -0.4 is 5.32 Å². The summed E-state index contributed by atoms with van der Waals surface area (Å²) in [6, 6.07) is 7.23. The minimum absolute atomic E-state index is 0.366. The van der Waals surface area contributed by atoms with Gasteiger partial charge in [0, 0.05) is 19.6 Å². The van der Waals surface area contributed by atoms with Crippen LogP contribution in [0.15, 0.2) is 41.3 Å². The highest BCUT2D eigenvalue weighted by molar-refractivity contribution is 7.89. The van der Waals surface area contributed by atoms with E-state index in [1.165, 1.54) is 17.1 Å². The van der Waals surface area contributed by atoms with Crippen LogP contribution in [0.25, 0.3) is 0 Å². The van der Waals surface area contributed by atoms with Crippen molar-refractivity contribution >= 4 is 10.0 Å². The maximum absolute atomic E-state index is 12.6. The molecular weight excluding hydrogens is 324 g/mol. The highest BCUT2D eigenvalue weighted by atomic mass is 32.2. The molecule has 1 atom stereocenters. The van der Waals surface area contributed by atoms with E-state index in [1.807, 2.05) is 12.1 Å². The summed E-state index contributed by atoms with van der Waals surface area (Å²) in [5.41, 5.74) is 1.11. The molecule has 1 heterocycles. The number of sulfonamides is 1. The Bertz CT molecular complexity index is 649. The Morgan fingerprint density at radius 3 is 2.54 bits per heavy atom. The molecular formula is C18H26N2O3S. The molecule has 0 saturated carbocycles. The summed E-state index contributed by atoms with van der Waals surface area (Å²) in [4.78, 5) is 0.366. The monoisotopic (exact) mass is 350 g/mol. The molecule has 1 aromatic carbocycles. The third kappa shape index (κ3) is 4.45. The predicted octanol–water partition coefficient (Wildman–Crippen LogP) is 2.15. The fraction of sp³-hybridized carbons (Fsp3) is 0.556. The van der Waals surface area contributed by atoms with E-state index in [2.05, 4.69) is 17.5 Å². The van der Waals surface area contributed by atoms with Crippen LogP contribution in [0.4, 0.5) is 0 Å². The summed E-state index contributed by atoms with van der Waals surface area (Å²) in [6.45, 7) is 3.59. The molecule has 2 aliphatic rings. The van der Waals surface area contributed by atoms with Crippen molar-refractivity contribution in [2.45, 2.75) is 30.7 Å². The first kappa shape index (κ1) is 17.6. The van der Waals surface area contributed by atoms with E-state index >= 15 is 0 Å². The van der Waals surface area contributed by atoms with Gasteiger partial charge in [-0.2, -0.15) is 4.31 Å². The zero-order valence-electron chi connectivity index (χ0n) is 14.0. The van der Waals surface area contributed by atoms with Gasteiger partial charge in [0.05, 0.1) is 18.1 Å². The normalized spacial score (nSPS) is 22.6. The van der Waals surface area contributed by atoms with Crippen molar-refractivity contribution in [3.63, 3.8) is 0 Å². The molecule has 0 aromatic heterocycles. The second-order valence-corrected chi connectivity index (χ2v) is 8.38. The molecule has 0 spiro atoms. The van der Waals surface area contributed by atoms with Crippen LogP contribution in [0.2, 0.25) is 0 Å². The van der Waals surface area contributed by atoms with Crippen molar-refractivity contribution in [3.8, 4) is 0 Å². The average Bonchev–Trinajstić information content (AvgIpc) is 2.64. The zero-order chi connectivity index (χ0) is 16.8. The summed E-state index contributed by atoms with van der Waals surface area (Å²) >= 11 is 0. The highest BCUT2D eigenvalue weighted by Crippen LogP contribution is 2.19. The number of nitrogens with zero attached hydrogens (tertiary/aromatic N) is 1. The highest BCUT2D eigenvalue weighted by Gasteiger charge is 2.26. The van der Waals surface area contributed by atoms with Crippen LogP contribution in [0.5, 0.6) is 0 Å². The first-order valence-corrected chi connectivity index (χ1v) is 10.1. The molecule has 0 unspecified atom stereocenters. The smallest absolute Gasteiger partial charge is 0.243 e. The Morgan fingerprint density at radius 1 is 1.12 bits per heavy atom. The largest absolute Gasteiger partial charge is 0.379 e. The summed E-state index contributed by atoms with van der Waals surface area (Å²) in [5, 5.41) is 3.48. The number of hydrogen-bond donors (Lipinski definition) is 1. The van der Waals surface area contributed by atoms with E-state index in [0.29, 0.717) is 31.2 Å². The molecule has 5 nitrogen and oxygen atoms in total. The number of benzene rings is 1. The van der Waals surface area contributed by atoms with Crippen LogP contribution in [0.3, 0.4) is 0 Å². The van der Waals surface area contributed by atoms with E-state index in [-0.39, 0.29) is 0 Å². The van der Waals surface area contributed by atoms with E-state index in [4.69, 9.17) is 4.74 Å². The topological polar surface area (TPSA) is 58.6 Å². The van der Waals surface area contributed by atoms with Crippen molar-refractivity contribution < 1.29 is 13.2 Å². The van der Waals surface area contributed by atoms with Crippen LogP contribution in [0, 0.1) is 5.92 Å². The van der Waals surface area contributed by atoms with Gasteiger partial charge in [-0.05, 0) is 49.4 Å². The standard InChI is InChI=1S/C18H26N2O3S/c21-24(22,20-10-12-23-13-11-20)18-8-6-17(7-9-18)15-19-14-16-4-2-1-3-5-16/h1-2,6-9,16,19H,3-5,10-15H2/t16-/m0/s1. The molecule has 1 aliphatic carbocycles. The second kappa shape index (κ2) is 8.25. The van der Waals surface area contributed by atoms with Gasteiger partial charge in [0.1, 0.15) is 0 Å². The molecule has 24 heavy (non-hydrogen) atoms. The third-order valence-corrected chi connectivity index (χ3v) is 6.58. The van der Waals surface area contributed by atoms with E-state index < -0.39 is 10.0 Å². The molecule has 1 N–H and O–H groups in total. The summed E-state index contributed by atoms with van der Waals surface area (Å²) in [5.74, 6) is 0.718. The fourth-order valence-corrected chi connectivity index (χ4v) is 4.59. The van der Waals surface area contributed by atoms with Crippen LogP contribution in [0.1, 0.15) is 24.8 Å². The molecule has 0 amide bonds. The maximum atomic E-state index is 12.6. The Hall–Kier alpha value is -1.21. The first-order valence-electron chi connectivity index (χ1n) is 8.69. The van der Waals surface area contributed by atoms with Crippen LogP contribution in [-0.4, -0.2) is 45.6 Å². The second-order valence-electron chi connectivity index (χ2n) is 6.44. The van der Waals surface area contributed by atoms with Crippen LogP contribution >= 0.6 is 0 Å². The van der Waals surface area contributed by atoms with Gasteiger partial charge < -0.3 is 10.1 Å². The predicted molar refractivity (Wildman–Crippen MR) is 94.2 cm³/mol. The zero-order valence-corrected chi connectivity index (χ0v) is 14.8. The molecule has 1 saturated heterocycles. The molecule has 0 bridgehead atoms. The lowest BCUT2D eigenvalue weighted by atomic mass is 9.94. The number of nitrogens with one attached hydrogen (secondary N) is 1. The van der Waals surface area contributed by atoms with Crippen molar-refractivity contribution in [2.75, 3.05) is 32.8 Å². The third-order valence-electron chi connectivity index (χ3n) is 4.67. The lowest BCUT2D eigenvalue weighted by Gasteiger charge is -2.26. The molecule has 1 aliphatic heterocycles. The van der Waals surface area contributed by atoms with Gasteiger partial charge >= 0.3 is 0 Å². The molecule has 132 valence electrons. The van der Waals surface area contributed by atoms with Gasteiger partial charge in [-0.15, -0.1) is 0 Å². The van der Waals surface area contributed by atoms with Gasteiger partial charge in [-0.3, -0.25) is 0 Å². The molecule has 3 rings (SSSR count). The number of hydrogen-bond acceptors (Lipinski definition) is 4. The Labute approximate surface area is 144 Å². The lowest BCUT2D eigenvalue weighted by Crippen LogP contribution is -2.40. The van der Waals surface area contributed by atoms with Crippen molar-refractivity contribution in [3.05, 3.63) is 42.0 Å². The Morgan fingerprint density at radius 2 is 1.88 bits per heavy atom. The van der Waals surface area contributed by atoms with Gasteiger partial charge in [0.15, 0.2) is 0 Å². The van der Waals surface area contributed by atoms with E-state index in [1.54, 1.807) is 12.1 Å². The summed E-state index contributed by atoms with van der Waals surface area (Å²) in [7, 11) is -3.39. The summed E-state index contributed by atoms with van der Waals surface area (Å²) in [6.07, 6.45) is 8.11. The molecule has 6 heteroatoms. The first-order chi connectivity index (χ1) is 11.7.